The summed E-state index contributed by atoms with van der Waals surface area (Å²) in [6, 6.07) is 4.75. The maximum absolute atomic E-state index is 13.6. The first kappa shape index (κ1) is 17.1. The van der Waals surface area contributed by atoms with E-state index in [2.05, 4.69) is 9.97 Å². The molecule has 1 aromatic carbocycles. The van der Waals surface area contributed by atoms with Crippen LogP contribution in [0.1, 0.15) is 6.92 Å². The van der Waals surface area contributed by atoms with Crippen LogP contribution in [0.25, 0.3) is 0 Å². The highest BCUT2D eigenvalue weighted by molar-refractivity contribution is 5.81. The molecule has 1 aliphatic heterocycles. The molecule has 132 valence electrons. The second kappa shape index (κ2) is 7.42. The van der Waals surface area contributed by atoms with Crippen molar-refractivity contribution in [2.45, 2.75) is 13.0 Å². The van der Waals surface area contributed by atoms with Crippen molar-refractivity contribution in [1.29, 1.82) is 0 Å². The average Bonchev–Trinajstić information content (AvgIpc) is 2.64. The van der Waals surface area contributed by atoms with Gasteiger partial charge in [-0.2, -0.15) is 0 Å². The molecule has 1 amide bonds. The van der Waals surface area contributed by atoms with Crippen molar-refractivity contribution in [2.24, 2.45) is 0 Å². The SMILES string of the molecule is C[C@@H](Oc1ccc(F)cc1F)C(=O)N1CCN(c2ncccn2)CC1. The topological polar surface area (TPSA) is 58.6 Å². The third kappa shape index (κ3) is 4.01. The second-order valence-electron chi connectivity index (χ2n) is 5.70. The minimum atomic E-state index is -0.862. The molecule has 25 heavy (non-hydrogen) atoms. The summed E-state index contributed by atoms with van der Waals surface area (Å²) >= 11 is 0. The van der Waals surface area contributed by atoms with Gasteiger partial charge in [0, 0.05) is 44.6 Å². The largest absolute Gasteiger partial charge is 0.478 e. The number of nitrogens with zero attached hydrogens (tertiary/aromatic N) is 4. The van der Waals surface area contributed by atoms with Crippen LogP contribution >= 0.6 is 0 Å². The van der Waals surface area contributed by atoms with Crippen LogP contribution in [0.4, 0.5) is 14.7 Å². The standard InChI is InChI=1S/C17H18F2N4O2/c1-12(25-15-4-3-13(18)11-14(15)19)16(24)22-7-9-23(10-8-22)17-20-5-2-6-21-17/h2-6,11-12H,7-10H2,1H3/t12-/m1/s1. The molecule has 0 radical (unpaired) electrons. The normalized spacial score (nSPS) is 15.8. The van der Waals surface area contributed by atoms with Gasteiger partial charge in [0.25, 0.3) is 5.91 Å². The molecular formula is C17H18F2N4O2. The van der Waals surface area contributed by atoms with E-state index >= 15 is 0 Å². The van der Waals surface area contributed by atoms with Crippen LogP contribution in [0.15, 0.2) is 36.7 Å². The Hall–Kier alpha value is -2.77. The van der Waals surface area contributed by atoms with Gasteiger partial charge in [-0.25, -0.2) is 18.7 Å². The van der Waals surface area contributed by atoms with Crippen LogP contribution < -0.4 is 9.64 Å². The van der Waals surface area contributed by atoms with Crippen molar-refractivity contribution in [3.8, 4) is 5.75 Å². The van der Waals surface area contributed by atoms with Gasteiger partial charge in [-0.1, -0.05) is 0 Å². The molecule has 2 aromatic rings. The van der Waals surface area contributed by atoms with Gasteiger partial charge in [-0.05, 0) is 25.1 Å². The fraction of sp³-hybridized carbons (Fsp3) is 0.353. The molecule has 0 bridgehead atoms. The van der Waals surface area contributed by atoms with Crippen LogP contribution in [0, 0.1) is 11.6 Å². The Balaban J connectivity index is 1.56. The number of aromatic nitrogens is 2. The number of amides is 1. The van der Waals surface area contributed by atoms with Crippen LogP contribution in [0.3, 0.4) is 0 Å². The van der Waals surface area contributed by atoms with Crippen LogP contribution in [-0.4, -0.2) is 53.1 Å². The van der Waals surface area contributed by atoms with Gasteiger partial charge in [0.15, 0.2) is 17.7 Å². The van der Waals surface area contributed by atoms with Crippen LogP contribution in [-0.2, 0) is 4.79 Å². The van der Waals surface area contributed by atoms with Crippen molar-refractivity contribution in [1.82, 2.24) is 14.9 Å². The monoisotopic (exact) mass is 348 g/mol. The van der Waals surface area contributed by atoms with E-state index in [1.165, 1.54) is 6.07 Å². The predicted octanol–water partition coefficient (Wildman–Crippen LogP) is 1.87. The Kier molecular flexibility index (Phi) is 5.06. The van der Waals surface area contributed by atoms with Crippen molar-refractivity contribution in [3.05, 3.63) is 48.3 Å². The molecule has 3 rings (SSSR count). The third-order valence-corrected chi connectivity index (χ3v) is 3.97. The summed E-state index contributed by atoms with van der Waals surface area (Å²) in [5.41, 5.74) is 0. The van der Waals surface area contributed by atoms with Gasteiger partial charge in [0.2, 0.25) is 5.95 Å². The lowest BCUT2D eigenvalue weighted by Gasteiger charge is -2.35. The summed E-state index contributed by atoms with van der Waals surface area (Å²) in [6.45, 7) is 3.76. The van der Waals surface area contributed by atoms with Crippen LogP contribution in [0.5, 0.6) is 5.75 Å². The number of piperazine rings is 1. The first-order valence-electron chi connectivity index (χ1n) is 7.97. The molecule has 0 spiro atoms. The van der Waals surface area contributed by atoms with Gasteiger partial charge in [0.05, 0.1) is 0 Å². The lowest BCUT2D eigenvalue weighted by Crippen LogP contribution is -2.52. The number of rotatable bonds is 4. The predicted molar refractivity (Wildman–Crippen MR) is 87.3 cm³/mol. The van der Waals surface area contributed by atoms with Crippen molar-refractivity contribution < 1.29 is 18.3 Å². The van der Waals surface area contributed by atoms with Crippen LogP contribution in [0.2, 0.25) is 0 Å². The van der Waals surface area contributed by atoms with E-state index in [0.29, 0.717) is 32.1 Å². The number of halogens is 2. The Morgan fingerprint density at radius 3 is 2.48 bits per heavy atom. The maximum atomic E-state index is 13.6. The molecule has 0 saturated carbocycles. The number of carbonyl (C=O) groups is 1. The summed E-state index contributed by atoms with van der Waals surface area (Å²) in [5.74, 6) is -1.27. The minimum absolute atomic E-state index is 0.140. The molecule has 0 aliphatic carbocycles. The fourth-order valence-corrected chi connectivity index (χ4v) is 2.65. The van der Waals surface area contributed by atoms with Crippen molar-refractivity contribution >= 4 is 11.9 Å². The Morgan fingerprint density at radius 2 is 1.84 bits per heavy atom. The highest BCUT2D eigenvalue weighted by atomic mass is 19.1. The van der Waals surface area contributed by atoms with Crippen molar-refractivity contribution in [2.75, 3.05) is 31.1 Å². The number of ether oxygens (including phenoxy) is 1. The summed E-state index contributed by atoms with van der Waals surface area (Å²) in [5, 5.41) is 0. The lowest BCUT2D eigenvalue weighted by atomic mass is 10.2. The summed E-state index contributed by atoms with van der Waals surface area (Å²) in [4.78, 5) is 24.5. The van der Waals surface area contributed by atoms with E-state index in [9.17, 15) is 13.6 Å². The molecule has 1 aromatic heterocycles. The third-order valence-electron chi connectivity index (χ3n) is 3.97. The molecule has 1 aliphatic rings. The smallest absolute Gasteiger partial charge is 0.263 e. The Labute approximate surface area is 144 Å². The fourth-order valence-electron chi connectivity index (χ4n) is 2.65. The molecule has 8 heteroatoms. The summed E-state index contributed by atoms with van der Waals surface area (Å²) in [7, 11) is 0. The zero-order valence-corrected chi connectivity index (χ0v) is 13.7. The first-order chi connectivity index (χ1) is 12.0. The minimum Gasteiger partial charge on any atom is -0.478 e. The zero-order chi connectivity index (χ0) is 17.8. The number of hydrogen-bond acceptors (Lipinski definition) is 5. The molecule has 0 N–H and O–H groups in total. The number of benzene rings is 1. The molecule has 2 heterocycles. The van der Waals surface area contributed by atoms with Gasteiger partial charge < -0.3 is 14.5 Å². The molecule has 6 nitrogen and oxygen atoms in total. The van der Waals surface area contributed by atoms with E-state index in [0.717, 1.165) is 12.1 Å². The van der Waals surface area contributed by atoms with Gasteiger partial charge in [-0.15, -0.1) is 0 Å². The quantitative estimate of drug-likeness (QED) is 0.844. The number of hydrogen-bond donors (Lipinski definition) is 0. The van der Waals surface area contributed by atoms with Gasteiger partial charge >= 0.3 is 0 Å². The highest BCUT2D eigenvalue weighted by Gasteiger charge is 2.27. The van der Waals surface area contributed by atoms with Gasteiger partial charge in [0.1, 0.15) is 5.82 Å². The van der Waals surface area contributed by atoms with Crippen molar-refractivity contribution in [3.63, 3.8) is 0 Å². The Bertz CT molecular complexity index is 737. The highest BCUT2D eigenvalue weighted by Crippen LogP contribution is 2.20. The van der Waals surface area contributed by atoms with E-state index < -0.39 is 17.7 Å². The molecule has 1 fully saturated rings. The van der Waals surface area contributed by atoms with Gasteiger partial charge in [-0.3, -0.25) is 4.79 Å². The lowest BCUT2D eigenvalue weighted by molar-refractivity contribution is -0.138. The maximum Gasteiger partial charge on any atom is 0.263 e. The molecule has 1 saturated heterocycles. The average molecular weight is 348 g/mol. The molecular weight excluding hydrogens is 330 g/mol. The second-order valence-corrected chi connectivity index (χ2v) is 5.70. The van der Waals surface area contributed by atoms with E-state index in [4.69, 9.17) is 4.74 Å². The molecule has 1 atom stereocenters. The number of carbonyl (C=O) groups excluding carboxylic acids is 1. The molecule has 0 unspecified atom stereocenters. The summed E-state index contributed by atoms with van der Waals surface area (Å²) in [6.07, 6.45) is 2.49. The van der Waals surface area contributed by atoms with E-state index in [1.807, 2.05) is 4.90 Å². The van der Waals surface area contributed by atoms with E-state index in [1.54, 1.807) is 30.3 Å². The first-order valence-corrected chi connectivity index (χ1v) is 7.97. The summed E-state index contributed by atoms with van der Waals surface area (Å²) < 4.78 is 31.9. The zero-order valence-electron chi connectivity index (χ0n) is 13.7. The number of anilines is 1. The Morgan fingerprint density at radius 1 is 1.16 bits per heavy atom. The van der Waals surface area contributed by atoms with E-state index in [-0.39, 0.29) is 11.7 Å².